The van der Waals surface area contributed by atoms with Gasteiger partial charge in [-0.1, -0.05) is 30.4 Å². The third kappa shape index (κ3) is 3.54. The number of anilines is 2. The van der Waals surface area contributed by atoms with E-state index in [2.05, 4.69) is 5.32 Å². The Balaban J connectivity index is 2.26. The minimum atomic E-state index is -0.442. The summed E-state index contributed by atoms with van der Waals surface area (Å²) >= 11 is 4.92. The molecule has 0 atom stereocenters. The minimum absolute atomic E-state index is 0.0368. The van der Waals surface area contributed by atoms with Crippen molar-refractivity contribution in [3.8, 4) is 0 Å². The average molecular weight is 302 g/mol. The van der Waals surface area contributed by atoms with E-state index in [1.165, 1.54) is 24.3 Å². The zero-order valence-electron chi connectivity index (χ0n) is 10.8. The molecule has 0 aliphatic rings. The van der Waals surface area contributed by atoms with Crippen molar-refractivity contribution in [1.29, 1.82) is 0 Å². The van der Waals surface area contributed by atoms with Crippen molar-refractivity contribution in [1.82, 2.24) is 0 Å². The molecule has 2 rings (SSSR count). The standard InChI is InChI=1S/C14H12N3O3S/c15-13(21)11-6-1-2-7-12(11)16-14(18)9-4-3-5-10(8-9)17(19)20/h1-8,19H,(H2,15,21)(H,16,18)/q-1. The second kappa shape index (κ2) is 6.31. The van der Waals surface area contributed by atoms with Gasteiger partial charge < -0.3 is 21.5 Å². The van der Waals surface area contributed by atoms with Crippen molar-refractivity contribution in [2.75, 3.05) is 10.5 Å². The highest BCUT2D eigenvalue weighted by molar-refractivity contribution is 7.80. The summed E-state index contributed by atoms with van der Waals surface area (Å²) < 4.78 is 0. The van der Waals surface area contributed by atoms with Crippen molar-refractivity contribution < 1.29 is 10.0 Å². The van der Waals surface area contributed by atoms with Gasteiger partial charge in [-0.2, -0.15) is 0 Å². The van der Waals surface area contributed by atoms with Crippen LogP contribution in [-0.2, 0) is 0 Å². The molecule has 0 aromatic heterocycles. The number of nitrogens with zero attached hydrogens (tertiary/aromatic N) is 1. The van der Waals surface area contributed by atoms with Crippen LogP contribution in [0.25, 0.3) is 0 Å². The third-order valence-corrected chi connectivity index (χ3v) is 2.99. The zero-order valence-corrected chi connectivity index (χ0v) is 11.6. The number of nitrogens with one attached hydrogen (secondary N) is 1. The summed E-state index contributed by atoms with van der Waals surface area (Å²) in [4.78, 5) is 12.3. The maximum absolute atomic E-state index is 12.2. The molecule has 4 N–H and O–H groups in total. The van der Waals surface area contributed by atoms with E-state index < -0.39 is 5.91 Å². The molecule has 21 heavy (non-hydrogen) atoms. The molecule has 0 spiro atoms. The van der Waals surface area contributed by atoms with Gasteiger partial charge in [0, 0.05) is 11.1 Å². The summed E-state index contributed by atoms with van der Waals surface area (Å²) in [5, 5.41) is 22.0. The summed E-state index contributed by atoms with van der Waals surface area (Å²) in [5.74, 6) is -0.442. The number of carbonyl (C=O) groups excluding carboxylic acids is 1. The first-order valence-electron chi connectivity index (χ1n) is 5.95. The maximum atomic E-state index is 12.2. The largest absolute Gasteiger partial charge is 0.733 e. The van der Waals surface area contributed by atoms with E-state index in [-0.39, 0.29) is 21.5 Å². The number of amides is 1. The summed E-state index contributed by atoms with van der Waals surface area (Å²) in [6.45, 7) is 0. The van der Waals surface area contributed by atoms with Gasteiger partial charge in [-0.05, 0) is 30.3 Å². The monoisotopic (exact) mass is 302 g/mol. The molecule has 2 aromatic rings. The highest BCUT2D eigenvalue weighted by Crippen LogP contribution is 2.18. The van der Waals surface area contributed by atoms with Crippen LogP contribution in [-0.4, -0.2) is 16.1 Å². The Bertz CT molecular complexity index is 689. The number of hydrogen-bond acceptors (Lipinski definition) is 5. The molecule has 2 aromatic carbocycles. The van der Waals surface area contributed by atoms with Crippen LogP contribution >= 0.6 is 12.2 Å². The summed E-state index contributed by atoms with van der Waals surface area (Å²) in [6, 6.07) is 12.5. The molecule has 7 heteroatoms. The fraction of sp³-hybridized carbons (Fsp3) is 0. The average Bonchev–Trinajstić information content (AvgIpc) is 2.47. The van der Waals surface area contributed by atoms with E-state index in [0.717, 1.165) is 0 Å². The van der Waals surface area contributed by atoms with Crippen LogP contribution in [0.3, 0.4) is 0 Å². The lowest BCUT2D eigenvalue weighted by molar-refractivity contribution is 0.102. The second-order valence-corrected chi connectivity index (χ2v) is 4.63. The first-order chi connectivity index (χ1) is 9.99. The molecule has 0 aliphatic carbocycles. The molecule has 0 radical (unpaired) electrons. The Hall–Kier alpha value is -2.48. The smallest absolute Gasteiger partial charge is 0.255 e. The van der Waals surface area contributed by atoms with Crippen molar-refractivity contribution in [2.45, 2.75) is 0 Å². The summed E-state index contributed by atoms with van der Waals surface area (Å²) in [6.07, 6.45) is 0. The van der Waals surface area contributed by atoms with Gasteiger partial charge in [-0.25, -0.2) is 0 Å². The van der Waals surface area contributed by atoms with Crippen molar-refractivity contribution in [3.05, 3.63) is 64.9 Å². The third-order valence-electron chi connectivity index (χ3n) is 2.77. The lowest BCUT2D eigenvalue weighted by Gasteiger charge is -2.21. The number of benzene rings is 2. The molecule has 0 heterocycles. The lowest BCUT2D eigenvalue weighted by Crippen LogP contribution is -2.18. The molecule has 0 bridgehead atoms. The lowest BCUT2D eigenvalue weighted by atomic mass is 10.1. The molecule has 1 amide bonds. The van der Waals surface area contributed by atoms with Gasteiger partial charge in [0.25, 0.3) is 5.91 Å². The number of carbonyl (C=O) groups is 1. The van der Waals surface area contributed by atoms with Crippen LogP contribution < -0.4 is 16.3 Å². The first-order valence-corrected chi connectivity index (χ1v) is 6.36. The van der Waals surface area contributed by atoms with Crippen LogP contribution in [0.2, 0.25) is 0 Å². The molecule has 0 saturated carbocycles. The summed E-state index contributed by atoms with van der Waals surface area (Å²) in [7, 11) is 0. The molecule has 0 unspecified atom stereocenters. The Kier molecular flexibility index (Phi) is 4.49. The minimum Gasteiger partial charge on any atom is -0.733 e. The molecule has 108 valence electrons. The fourth-order valence-electron chi connectivity index (χ4n) is 1.77. The Labute approximate surface area is 126 Å². The van der Waals surface area contributed by atoms with Crippen LogP contribution in [0, 0.1) is 5.21 Å². The number of rotatable bonds is 4. The molecule has 0 fully saturated rings. The normalized spacial score (nSPS) is 10.0. The van der Waals surface area contributed by atoms with Crippen LogP contribution in [0.1, 0.15) is 15.9 Å². The Morgan fingerprint density at radius 2 is 1.95 bits per heavy atom. The SMILES string of the molecule is NC(=S)c1ccccc1NC(=O)c1cccc(N([O-])O)c1. The number of thiocarbonyl (C=S) groups is 1. The quantitative estimate of drug-likeness (QED) is 0.591. The first kappa shape index (κ1) is 14.9. The molecule has 6 nitrogen and oxygen atoms in total. The topological polar surface area (TPSA) is 102 Å². The maximum Gasteiger partial charge on any atom is 0.255 e. The zero-order chi connectivity index (χ0) is 15.4. The van der Waals surface area contributed by atoms with Gasteiger partial charge in [-0.15, -0.1) is 0 Å². The van der Waals surface area contributed by atoms with Crippen molar-refractivity contribution in [3.63, 3.8) is 0 Å². The predicted molar refractivity (Wildman–Crippen MR) is 84.4 cm³/mol. The van der Waals surface area contributed by atoms with Crippen LogP contribution in [0.15, 0.2) is 48.5 Å². The fourth-order valence-corrected chi connectivity index (χ4v) is 1.95. The highest BCUT2D eigenvalue weighted by atomic mass is 32.1. The second-order valence-electron chi connectivity index (χ2n) is 4.19. The summed E-state index contributed by atoms with van der Waals surface area (Å²) in [5.41, 5.74) is 6.80. The van der Waals surface area contributed by atoms with E-state index in [1.807, 2.05) is 0 Å². The predicted octanol–water partition coefficient (Wildman–Crippen LogP) is 2.27. The van der Waals surface area contributed by atoms with Gasteiger partial charge in [-0.3, -0.25) is 10.0 Å². The van der Waals surface area contributed by atoms with Crippen LogP contribution in [0.5, 0.6) is 0 Å². The molecular weight excluding hydrogens is 290 g/mol. The van der Waals surface area contributed by atoms with Crippen LogP contribution in [0.4, 0.5) is 11.4 Å². The Morgan fingerprint density at radius 1 is 1.24 bits per heavy atom. The van der Waals surface area contributed by atoms with Gasteiger partial charge in [0.2, 0.25) is 0 Å². The van der Waals surface area contributed by atoms with E-state index in [0.29, 0.717) is 11.3 Å². The van der Waals surface area contributed by atoms with E-state index in [1.54, 1.807) is 24.3 Å². The van der Waals surface area contributed by atoms with Gasteiger partial charge in [0.1, 0.15) is 4.99 Å². The van der Waals surface area contributed by atoms with Crippen molar-refractivity contribution >= 4 is 34.5 Å². The molecular formula is C14H12N3O3S-. The highest BCUT2D eigenvalue weighted by Gasteiger charge is 2.10. The van der Waals surface area contributed by atoms with Gasteiger partial charge >= 0.3 is 0 Å². The van der Waals surface area contributed by atoms with Crippen molar-refractivity contribution in [2.24, 2.45) is 5.73 Å². The number of nitrogens with two attached hydrogens (primary N) is 1. The van der Waals surface area contributed by atoms with E-state index >= 15 is 0 Å². The molecule has 0 saturated heterocycles. The van der Waals surface area contributed by atoms with E-state index in [4.69, 9.17) is 23.2 Å². The van der Waals surface area contributed by atoms with Gasteiger partial charge in [0.15, 0.2) is 0 Å². The number of para-hydroxylation sites is 1. The molecule has 0 aliphatic heterocycles. The number of hydrogen-bond donors (Lipinski definition) is 3. The van der Waals surface area contributed by atoms with Gasteiger partial charge in [0.05, 0.1) is 11.4 Å². The van der Waals surface area contributed by atoms with E-state index in [9.17, 15) is 10.0 Å². The Morgan fingerprint density at radius 3 is 2.62 bits per heavy atom.